The van der Waals surface area contributed by atoms with E-state index in [-0.39, 0.29) is 23.4 Å². The van der Waals surface area contributed by atoms with Gasteiger partial charge >= 0.3 is 6.18 Å². The lowest BCUT2D eigenvalue weighted by atomic mass is 10.3. The molecule has 2 rings (SSSR count). The fraction of sp³-hybridized carbons (Fsp3) is 0.417. The molecule has 2 aromatic rings. The number of alkyl halides is 3. The van der Waals surface area contributed by atoms with Crippen LogP contribution >= 0.6 is 11.6 Å². The van der Waals surface area contributed by atoms with Crippen molar-refractivity contribution in [1.82, 2.24) is 19.7 Å². The second-order valence-electron chi connectivity index (χ2n) is 4.65. The predicted octanol–water partition coefficient (Wildman–Crippen LogP) is 3.54. The fourth-order valence-corrected chi connectivity index (χ4v) is 1.94. The van der Waals surface area contributed by atoms with Crippen LogP contribution in [0.15, 0.2) is 18.6 Å². The SMILES string of the molecule is CC(C)n1cnnc1CNc1ncc(C(F)(F)F)cc1Cl. The molecule has 0 bridgehead atoms. The van der Waals surface area contributed by atoms with E-state index in [0.717, 1.165) is 12.3 Å². The van der Waals surface area contributed by atoms with E-state index in [4.69, 9.17) is 11.6 Å². The van der Waals surface area contributed by atoms with Gasteiger partial charge in [0.25, 0.3) is 0 Å². The lowest BCUT2D eigenvalue weighted by molar-refractivity contribution is -0.137. The van der Waals surface area contributed by atoms with Crippen LogP contribution < -0.4 is 5.32 Å². The van der Waals surface area contributed by atoms with Crippen LogP contribution in [-0.4, -0.2) is 19.7 Å². The number of anilines is 1. The first-order valence-electron chi connectivity index (χ1n) is 6.14. The van der Waals surface area contributed by atoms with Crippen LogP contribution in [0.1, 0.15) is 31.3 Å². The number of rotatable bonds is 4. The molecule has 1 N–H and O–H groups in total. The van der Waals surface area contributed by atoms with Gasteiger partial charge in [-0.3, -0.25) is 0 Å². The highest BCUT2D eigenvalue weighted by molar-refractivity contribution is 6.32. The van der Waals surface area contributed by atoms with Crippen LogP contribution in [0.4, 0.5) is 19.0 Å². The molecule has 2 heterocycles. The maximum Gasteiger partial charge on any atom is 0.417 e. The first kappa shape index (κ1) is 15.6. The summed E-state index contributed by atoms with van der Waals surface area (Å²) in [7, 11) is 0. The molecule has 0 aliphatic carbocycles. The Kier molecular flexibility index (Phi) is 4.36. The average molecular weight is 320 g/mol. The van der Waals surface area contributed by atoms with Gasteiger partial charge in [0.15, 0.2) is 5.82 Å². The maximum atomic E-state index is 12.5. The number of nitrogens with one attached hydrogen (secondary N) is 1. The van der Waals surface area contributed by atoms with Crippen LogP contribution in [-0.2, 0) is 12.7 Å². The Morgan fingerprint density at radius 2 is 2.10 bits per heavy atom. The van der Waals surface area contributed by atoms with Crippen molar-refractivity contribution in [3.8, 4) is 0 Å². The van der Waals surface area contributed by atoms with Crippen LogP contribution in [0.5, 0.6) is 0 Å². The summed E-state index contributed by atoms with van der Waals surface area (Å²) in [6.07, 6.45) is -2.14. The third-order valence-corrected chi connectivity index (χ3v) is 3.07. The van der Waals surface area contributed by atoms with Crippen LogP contribution in [0.2, 0.25) is 5.02 Å². The van der Waals surface area contributed by atoms with Gasteiger partial charge in [-0.2, -0.15) is 13.2 Å². The molecule has 0 aliphatic rings. The molecule has 0 saturated heterocycles. The summed E-state index contributed by atoms with van der Waals surface area (Å²) in [6.45, 7) is 4.20. The molecular weight excluding hydrogens is 307 g/mol. The lowest BCUT2D eigenvalue weighted by Crippen LogP contribution is -2.12. The Bertz CT molecular complexity index is 624. The zero-order chi connectivity index (χ0) is 15.6. The smallest absolute Gasteiger partial charge is 0.362 e. The molecule has 0 fully saturated rings. The van der Waals surface area contributed by atoms with E-state index in [1.165, 1.54) is 0 Å². The highest BCUT2D eigenvalue weighted by atomic mass is 35.5. The minimum absolute atomic E-state index is 0.0968. The first-order chi connectivity index (χ1) is 9.79. The summed E-state index contributed by atoms with van der Waals surface area (Å²) in [5.41, 5.74) is -0.886. The number of hydrogen-bond donors (Lipinski definition) is 1. The second kappa shape index (κ2) is 5.88. The highest BCUT2D eigenvalue weighted by Gasteiger charge is 2.31. The third kappa shape index (κ3) is 3.63. The standard InChI is InChI=1S/C12H13ClF3N5/c1-7(2)21-6-19-20-10(21)5-18-11-9(13)3-8(4-17-11)12(14,15)16/h3-4,6-7H,5H2,1-2H3,(H,17,18). The average Bonchev–Trinajstić information content (AvgIpc) is 2.84. The van der Waals surface area contributed by atoms with Gasteiger partial charge in [0.2, 0.25) is 0 Å². The van der Waals surface area contributed by atoms with E-state index in [9.17, 15) is 13.2 Å². The largest absolute Gasteiger partial charge is 0.417 e. The van der Waals surface area contributed by atoms with Crippen molar-refractivity contribution in [3.63, 3.8) is 0 Å². The van der Waals surface area contributed by atoms with E-state index >= 15 is 0 Å². The van der Waals surface area contributed by atoms with Crippen molar-refractivity contribution in [2.45, 2.75) is 32.6 Å². The van der Waals surface area contributed by atoms with Crippen molar-refractivity contribution in [1.29, 1.82) is 0 Å². The van der Waals surface area contributed by atoms with Gasteiger partial charge in [-0.25, -0.2) is 4.98 Å². The predicted molar refractivity (Wildman–Crippen MR) is 72.0 cm³/mol. The van der Waals surface area contributed by atoms with Crippen molar-refractivity contribution >= 4 is 17.4 Å². The Hall–Kier alpha value is -1.83. The molecule has 5 nitrogen and oxygen atoms in total. The van der Waals surface area contributed by atoms with Crippen LogP contribution in [0.3, 0.4) is 0 Å². The van der Waals surface area contributed by atoms with E-state index in [2.05, 4.69) is 20.5 Å². The molecule has 9 heteroatoms. The zero-order valence-corrected chi connectivity index (χ0v) is 12.1. The van der Waals surface area contributed by atoms with E-state index in [1.54, 1.807) is 6.33 Å². The summed E-state index contributed by atoms with van der Waals surface area (Å²) in [5, 5.41) is 10.5. The van der Waals surface area contributed by atoms with Crippen molar-refractivity contribution in [3.05, 3.63) is 35.0 Å². The molecule has 0 unspecified atom stereocenters. The molecule has 0 atom stereocenters. The first-order valence-corrected chi connectivity index (χ1v) is 6.52. The van der Waals surface area contributed by atoms with Crippen LogP contribution in [0, 0.1) is 0 Å². The molecule has 0 radical (unpaired) electrons. The maximum absolute atomic E-state index is 12.5. The molecule has 2 aromatic heterocycles. The van der Waals surface area contributed by atoms with Crippen molar-refractivity contribution < 1.29 is 13.2 Å². The second-order valence-corrected chi connectivity index (χ2v) is 5.06. The van der Waals surface area contributed by atoms with Crippen molar-refractivity contribution in [2.75, 3.05) is 5.32 Å². The Labute approximate surface area is 124 Å². The molecule has 0 spiro atoms. The zero-order valence-electron chi connectivity index (χ0n) is 11.3. The Balaban J connectivity index is 2.12. The topological polar surface area (TPSA) is 55.6 Å². The minimum atomic E-state index is -4.47. The van der Waals surface area contributed by atoms with E-state index < -0.39 is 11.7 Å². The molecule has 0 aromatic carbocycles. The summed E-state index contributed by atoms with van der Waals surface area (Å²) in [6, 6.07) is 1.01. The van der Waals surface area contributed by atoms with Gasteiger partial charge in [-0.1, -0.05) is 11.6 Å². The normalized spacial score (nSPS) is 12.0. The monoisotopic (exact) mass is 319 g/mol. The summed E-state index contributed by atoms with van der Waals surface area (Å²) >= 11 is 5.81. The Morgan fingerprint density at radius 3 is 2.67 bits per heavy atom. The van der Waals surface area contributed by atoms with Gasteiger partial charge < -0.3 is 9.88 Å². The molecule has 0 amide bonds. The summed E-state index contributed by atoms with van der Waals surface area (Å²) in [4.78, 5) is 3.70. The quantitative estimate of drug-likeness (QED) is 0.936. The van der Waals surface area contributed by atoms with E-state index in [0.29, 0.717) is 5.82 Å². The Morgan fingerprint density at radius 1 is 1.38 bits per heavy atom. The number of nitrogens with zero attached hydrogens (tertiary/aromatic N) is 4. The molecule has 0 saturated carbocycles. The number of pyridine rings is 1. The molecular formula is C12H13ClF3N5. The van der Waals surface area contributed by atoms with Gasteiger partial charge in [-0.05, 0) is 19.9 Å². The molecule has 21 heavy (non-hydrogen) atoms. The number of aromatic nitrogens is 4. The van der Waals surface area contributed by atoms with Gasteiger partial charge in [0.1, 0.15) is 12.1 Å². The van der Waals surface area contributed by atoms with Gasteiger partial charge in [0, 0.05) is 12.2 Å². The van der Waals surface area contributed by atoms with Gasteiger partial charge in [-0.15, -0.1) is 10.2 Å². The highest BCUT2D eigenvalue weighted by Crippen LogP contribution is 2.32. The summed E-state index contributed by atoms with van der Waals surface area (Å²) < 4.78 is 39.4. The fourth-order valence-electron chi connectivity index (χ4n) is 1.71. The molecule has 114 valence electrons. The minimum Gasteiger partial charge on any atom is -0.362 e. The lowest BCUT2D eigenvalue weighted by Gasteiger charge is -2.12. The number of halogens is 4. The van der Waals surface area contributed by atoms with E-state index in [1.807, 2.05) is 18.4 Å². The van der Waals surface area contributed by atoms with Crippen LogP contribution in [0.25, 0.3) is 0 Å². The van der Waals surface area contributed by atoms with Crippen molar-refractivity contribution in [2.24, 2.45) is 0 Å². The van der Waals surface area contributed by atoms with Gasteiger partial charge in [0.05, 0.1) is 17.1 Å². The third-order valence-electron chi connectivity index (χ3n) is 2.79. The summed E-state index contributed by atoms with van der Waals surface area (Å²) in [5.74, 6) is 0.811. The molecule has 0 aliphatic heterocycles. The number of hydrogen-bond acceptors (Lipinski definition) is 4.